The molecule has 3 nitrogen and oxygen atoms in total. The summed E-state index contributed by atoms with van der Waals surface area (Å²) >= 11 is 1.57. The van der Waals surface area contributed by atoms with Crippen molar-refractivity contribution in [3.8, 4) is 0 Å². The molecule has 0 aliphatic heterocycles. The quantitative estimate of drug-likeness (QED) is 0.641. The predicted octanol–water partition coefficient (Wildman–Crippen LogP) is 2.47. The van der Waals surface area contributed by atoms with E-state index in [2.05, 4.69) is 10.3 Å². The molecule has 14 heavy (non-hydrogen) atoms. The Morgan fingerprint density at radius 2 is 1.93 bits per heavy atom. The van der Waals surface area contributed by atoms with Crippen LogP contribution in [0.3, 0.4) is 0 Å². The van der Waals surface area contributed by atoms with E-state index in [1.807, 2.05) is 29.6 Å². The van der Waals surface area contributed by atoms with Gasteiger partial charge in [-0.3, -0.25) is 0 Å². The molecule has 68 valence electrons. The summed E-state index contributed by atoms with van der Waals surface area (Å²) in [5.41, 5.74) is 7.33. The minimum atomic E-state index is 0. The molecule has 0 atom stereocenters. The molecule has 0 spiro atoms. The number of rotatable bonds is 2. The van der Waals surface area contributed by atoms with Crippen LogP contribution in [0.4, 0.5) is 16.5 Å². The summed E-state index contributed by atoms with van der Waals surface area (Å²) in [6.07, 6.45) is 1.77. The normalized spacial score (nSPS) is 9.14. The van der Waals surface area contributed by atoms with E-state index in [1.165, 1.54) is 0 Å². The van der Waals surface area contributed by atoms with Crippen molar-refractivity contribution in [1.29, 1.82) is 0 Å². The molecule has 0 bridgehead atoms. The molecule has 0 fully saturated rings. The number of thiazole rings is 1. The summed E-state index contributed by atoms with van der Waals surface area (Å²) in [7, 11) is 0. The topological polar surface area (TPSA) is 50.9 Å². The maximum atomic E-state index is 5.56. The van der Waals surface area contributed by atoms with Crippen molar-refractivity contribution in [2.24, 2.45) is 0 Å². The monoisotopic (exact) mass is 255 g/mol. The van der Waals surface area contributed by atoms with Gasteiger partial charge in [0, 0.05) is 42.4 Å². The van der Waals surface area contributed by atoms with Gasteiger partial charge in [0.05, 0.1) is 0 Å². The Balaban J connectivity index is 0.000000980. The van der Waals surface area contributed by atoms with E-state index < -0.39 is 0 Å². The van der Waals surface area contributed by atoms with Gasteiger partial charge in [-0.15, -0.1) is 11.3 Å². The Kier molecular flexibility index (Phi) is 4.04. The fourth-order valence-electron chi connectivity index (χ4n) is 0.975. The van der Waals surface area contributed by atoms with E-state index in [-0.39, 0.29) is 19.5 Å². The van der Waals surface area contributed by atoms with Crippen LogP contribution in [0, 0.1) is 0 Å². The molecule has 0 aliphatic rings. The molecule has 0 saturated carbocycles. The smallest absolute Gasteiger partial charge is 0.187 e. The second-order valence-electron chi connectivity index (χ2n) is 2.58. The minimum Gasteiger partial charge on any atom is -0.399 e. The summed E-state index contributed by atoms with van der Waals surface area (Å²) in [6.45, 7) is 0. The third-order valence-corrected chi connectivity index (χ3v) is 2.28. The largest absolute Gasteiger partial charge is 0.399 e. The summed E-state index contributed by atoms with van der Waals surface area (Å²) < 4.78 is 0. The number of nitrogens with one attached hydrogen (secondary N) is 1. The van der Waals surface area contributed by atoms with Gasteiger partial charge in [0.15, 0.2) is 5.13 Å². The third-order valence-electron chi connectivity index (χ3n) is 1.59. The van der Waals surface area contributed by atoms with Gasteiger partial charge >= 0.3 is 0 Å². The SMILES string of the molecule is Nc1ccc(Nc2nccs2)cc1.[Zn]. The maximum Gasteiger partial charge on any atom is 0.187 e. The summed E-state index contributed by atoms with van der Waals surface area (Å²) in [5.74, 6) is 0. The average Bonchev–Trinajstić information content (AvgIpc) is 2.62. The van der Waals surface area contributed by atoms with Crippen LogP contribution in [0.5, 0.6) is 0 Å². The van der Waals surface area contributed by atoms with Gasteiger partial charge in [-0.2, -0.15) is 0 Å². The second kappa shape index (κ2) is 5.08. The molecular weight excluding hydrogens is 248 g/mol. The summed E-state index contributed by atoms with van der Waals surface area (Å²) in [4.78, 5) is 4.11. The minimum absolute atomic E-state index is 0. The molecule has 0 radical (unpaired) electrons. The fraction of sp³-hybridized carbons (Fsp3) is 0. The van der Waals surface area contributed by atoms with Crippen LogP contribution in [-0.2, 0) is 19.5 Å². The average molecular weight is 257 g/mol. The Hall–Kier alpha value is -0.927. The van der Waals surface area contributed by atoms with Crippen molar-refractivity contribution in [3.05, 3.63) is 35.8 Å². The number of nitrogens with zero attached hydrogens (tertiary/aromatic N) is 1. The fourth-order valence-corrected chi connectivity index (χ4v) is 1.52. The Morgan fingerprint density at radius 1 is 1.21 bits per heavy atom. The van der Waals surface area contributed by atoms with E-state index in [0.717, 1.165) is 16.5 Å². The first-order valence-corrected chi connectivity index (χ1v) is 4.74. The molecule has 2 rings (SSSR count). The molecule has 0 amide bonds. The Bertz CT molecular complexity index is 371. The predicted molar refractivity (Wildman–Crippen MR) is 56.3 cm³/mol. The Labute approximate surface area is 99.1 Å². The van der Waals surface area contributed by atoms with Crippen molar-refractivity contribution >= 4 is 27.8 Å². The van der Waals surface area contributed by atoms with E-state index >= 15 is 0 Å². The maximum absolute atomic E-state index is 5.56. The number of hydrogen-bond donors (Lipinski definition) is 2. The van der Waals surface area contributed by atoms with Crippen molar-refractivity contribution in [2.45, 2.75) is 0 Å². The molecular formula is C9H9N3SZn. The van der Waals surface area contributed by atoms with Crippen LogP contribution in [-0.4, -0.2) is 4.98 Å². The van der Waals surface area contributed by atoms with Gasteiger partial charge < -0.3 is 11.1 Å². The number of benzene rings is 1. The first-order chi connectivity index (χ1) is 6.34. The standard InChI is InChI=1S/C9H9N3S.Zn/c10-7-1-3-8(4-2-7)12-9-11-5-6-13-9;/h1-6H,10H2,(H,11,12);. The zero-order chi connectivity index (χ0) is 9.10. The number of nitrogen functional groups attached to an aromatic ring is 1. The molecule has 1 aromatic carbocycles. The van der Waals surface area contributed by atoms with Gasteiger partial charge in [0.25, 0.3) is 0 Å². The second-order valence-corrected chi connectivity index (χ2v) is 3.48. The molecule has 1 heterocycles. The van der Waals surface area contributed by atoms with E-state index in [4.69, 9.17) is 5.73 Å². The van der Waals surface area contributed by atoms with Gasteiger partial charge in [0.2, 0.25) is 0 Å². The number of hydrogen-bond acceptors (Lipinski definition) is 4. The van der Waals surface area contributed by atoms with Gasteiger partial charge in [-0.05, 0) is 24.3 Å². The van der Waals surface area contributed by atoms with Crippen molar-refractivity contribution < 1.29 is 19.5 Å². The zero-order valence-corrected chi connectivity index (χ0v) is 11.4. The molecule has 5 heteroatoms. The van der Waals surface area contributed by atoms with Crippen LogP contribution in [0.25, 0.3) is 0 Å². The van der Waals surface area contributed by atoms with Crippen LogP contribution < -0.4 is 11.1 Å². The number of nitrogens with two attached hydrogens (primary N) is 1. The van der Waals surface area contributed by atoms with E-state index in [1.54, 1.807) is 17.5 Å². The number of aromatic nitrogens is 1. The zero-order valence-electron chi connectivity index (χ0n) is 7.60. The van der Waals surface area contributed by atoms with Crippen LogP contribution in [0.2, 0.25) is 0 Å². The van der Waals surface area contributed by atoms with Gasteiger partial charge in [-0.25, -0.2) is 4.98 Å². The van der Waals surface area contributed by atoms with Crippen molar-refractivity contribution in [2.75, 3.05) is 11.1 Å². The summed E-state index contributed by atoms with van der Waals surface area (Å²) in [5, 5.41) is 5.99. The van der Waals surface area contributed by atoms with Crippen molar-refractivity contribution in [1.82, 2.24) is 4.98 Å². The van der Waals surface area contributed by atoms with E-state index in [9.17, 15) is 0 Å². The van der Waals surface area contributed by atoms with E-state index in [0.29, 0.717) is 0 Å². The van der Waals surface area contributed by atoms with Gasteiger partial charge in [0.1, 0.15) is 0 Å². The Morgan fingerprint density at radius 3 is 2.50 bits per heavy atom. The number of anilines is 3. The third kappa shape index (κ3) is 2.79. The molecule has 3 N–H and O–H groups in total. The first kappa shape index (κ1) is 11.1. The van der Waals surface area contributed by atoms with Crippen molar-refractivity contribution in [3.63, 3.8) is 0 Å². The van der Waals surface area contributed by atoms with Crippen LogP contribution >= 0.6 is 11.3 Å². The summed E-state index contributed by atoms with van der Waals surface area (Å²) in [6, 6.07) is 7.57. The molecule has 2 aromatic rings. The molecule has 1 aromatic heterocycles. The van der Waals surface area contributed by atoms with Crippen LogP contribution in [0.1, 0.15) is 0 Å². The molecule has 0 unspecified atom stereocenters. The molecule has 0 aliphatic carbocycles. The first-order valence-electron chi connectivity index (χ1n) is 3.87. The van der Waals surface area contributed by atoms with Crippen LogP contribution in [0.15, 0.2) is 35.8 Å². The molecule has 0 saturated heterocycles. The van der Waals surface area contributed by atoms with Gasteiger partial charge in [-0.1, -0.05) is 0 Å².